The minimum atomic E-state index is -0.831. The first-order valence-electron chi connectivity index (χ1n) is 6.86. The summed E-state index contributed by atoms with van der Waals surface area (Å²) in [5.74, 6) is -1.31. The highest BCUT2D eigenvalue weighted by atomic mass is 35.5. The first kappa shape index (κ1) is 16.1. The maximum atomic E-state index is 12.2. The summed E-state index contributed by atoms with van der Waals surface area (Å²) in [5.41, 5.74) is 0.944. The van der Waals surface area contributed by atoms with Gasteiger partial charge >= 0.3 is 5.97 Å². The highest BCUT2D eigenvalue weighted by Gasteiger charge is 2.37. The molecule has 0 bridgehead atoms. The smallest absolute Gasteiger partial charge is 0.308 e. The van der Waals surface area contributed by atoms with Crippen molar-refractivity contribution in [3.63, 3.8) is 0 Å². The lowest BCUT2D eigenvalue weighted by molar-refractivity contribution is -0.143. The molecule has 114 valence electrons. The van der Waals surface area contributed by atoms with Crippen LogP contribution in [0.5, 0.6) is 0 Å². The Morgan fingerprint density at radius 2 is 2.05 bits per heavy atom. The predicted molar refractivity (Wildman–Crippen MR) is 81.7 cm³/mol. The number of halogens is 2. The van der Waals surface area contributed by atoms with Gasteiger partial charge in [-0.2, -0.15) is 0 Å². The van der Waals surface area contributed by atoms with Crippen molar-refractivity contribution in [1.29, 1.82) is 0 Å². The highest BCUT2D eigenvalue weighted by Crippen LogP contribution is 2.26. The Bertz CT molecular complexity index is 562. The van der Waals surface area contributed by atoms with Crippen molar-refractivity contribution in [2.24, 2.45) is 5.92 Å². The molecule has 2 unspecified atom stereocenters. The standard InChI is InChI=1S/C15H17Cl2NO3/c1-9-11(15(20)21)6-7-18(9)14(19)5-3-10-2-4-12(16)13(17)8-10/h2,4,8-9,11H,3,5-7H2,1H3,(H,20,21). The molecule has 1 N–H and O–H groups in total. The third-order valence-corrected chi connectivity index (χ3v) is 4.74. The van der Waals surface area contributed by atoms with E-state index < -0.39 is 11.9 Å². The van der Waals surface area contributed by atoms with Crippen LogP contribution in [0.15, 0.2) is 18.2 Å². The molecule has 1 aliphatic rings. The number of carbonyl (C=O) groups is 2. The molecule has 1 aromatic carbocycles. The van der Waals surface area contributed by atoms with E-state index in [0.717, 1.165) is 5.56 Å². The molecule has 1 aromatic rings. The zero-order chi connectivity index (χ0) is 15.6. The van der Waals surface area contributed by atoms with Crippen molar-refractivity contribution in [3.05, 3.63) is 33.8 Å². The summed E-state index contributed by atoms with van der Waals surface area (Å²) in [6, 6.07) is 5.06. The van der Waals surface area contributed by atoms with Crippen molar-refractivity contribution in [2.75, 3.05) is 6.54 Å². The van der Waals surface area contributed by atoms with Crippen LogP contribution in [-0.2, 0) is 16.0 Å². The highest BCUT2D eigenvalue weighted by molar-refractivity contribution is 6.42. The number of hydrogen-bond donors (Lipinski definition) is 1. The van der Waals surface area contributed by atoms with E-state index in [2.05, 4.69) is 0 Å². The summed E-state index contributed by atoms with van der Waals surface area (Å²) in [6.07, 6.45) is 1.43. The Morgan fingerprint density at radius 1 is 1.33 bits per heavy atom. The van der Waals surface area contributed by atoms with E-state index in [4.69, 9.17) is 28.3 Å². The maximum Gasteiger partial charge on any atom is 0.308 e. The average Bonchev–Trinajstić information content (AvgIpc) is 2.82. The Labute approximate surface area is 133 Å². The molecule has 4 nitrogen and oxygen atoms in total. The molecule has 0 aromatic heterocycles. The van der Waals surface area contributed by atoms with Crippen LogP contribution in [0.3, 0.4) is 0 Å². The fourth-order valence-corrected chi connectivity index (χ4v) is 3.03. The zero-order valence-corrected chi connectivity index (χ0v) is 13.2. The molecule has 21 heavy (non-hydrogen) atoms. The summed E-state index contributed by atoms with van der Waals surface area (Å²) >= 11 is 11.8. The monoisotopic (exact) mass is 329 g/mol. The number of benzene rings is 1. The van der Waals surface area contributed by atoms with Gasteiger partial charge < -0.3 is 10.0 Å². The molecule has 1 saturated heterocycles. The van der Waals surface area contributed by atoms with E-state index in [1.807, 2.05) is 6.07 Å². The number of carboxylic acid groups (broad SMARTS) is 1. The summed E-state index contributed by atoms with van der Waals surface area (Å²) in [5, 5.41) is 10.0. The number of amides is 1. The van der Waals surface area contributed by atoms with E-state index in [9.17, 15) is 9.59 Å². The lowest BCUT2D eigenvalue weighted by atomic mass is 10.0. The number of carbonyl (C=O) groups excluding carboxylic acids is 1. The lowest BCUT2D eigenvalue weighted by Crippen LogP contribution is -2.37. The molecule has 1 amide bonds. The van der Waals surface area contributed by atoms with Crippen LogP contribution in [0.25, 0.3) is 0 Å². The molecule has 1 aliphatic heterocycles. The summed E-state index contributed by atoms with van der Waals surface area (Å²) in [4.78, 5) is 24.9. The topological polar surface area (TPSA) is 57.6 Å². The van der Waals surface area contributed by atoms with E-state index >= 15 is 0 Å². The molecular formula is C15H17Cl2NO3. The van der Waals surface area contributed by atoms with E-state index in [-0.39, 0.29) is 11.9 Å². The number of aryl methyl sites for hydroxylation is 1. The first-order chi connectivity index (χ1) is 9.90. The summed E-state index contributed by atoms with van der Waals surface area (Å²) < 4.78 is 0. The van der Waals surface area contributed by atoms with Gasteiger partial charge in [-0.05, 0) is 37.5 Å². The molecule has 0 aliphatic carbocycles. The van der Waals surface area contributed by atoms with Gasteiger partial charge in [-0.25, -0.2) is 0 Å². The first-order valence-corrected chi connectivity index (χ1v) is 7.62. The minimum Gasteiger partial charge on any atom is -0.481 e. The summed E-state index contributed by atoms with van der Waals surface area (Å²) in [7, 11) is 0. The molecule has 6 heteroatoms. The molecule has 2 rings (SSSR count). The van der Waals surface area contributed by atoms with Crippen LogP contribution in [0, 0.1) is 5.92 Å². The Balaban J connectivity index is 1.93. The van der Waals surface area contributed by atoms with Crippen LogP contribution in [0.1, 0.15) is 25.3 Å². The largest absolute Gasteiger partial charge is 0.481 e. The van der Waals surface area contributed by atoms with Gasteiger partial charge in [0.25, 0.3) is 0 Å². The fourth-order valence-electron chi connectivity index (χ4n) is 2.71. The average molecular weight is 330 g/mol. The lowest BCUT2D eigenvalue weighted by Gasteiger charge is -2.23. The number of carboxylic acids is 1. The molecule has 1 fully saturated rings. The van der Waals surface area contributed by atoms with Gasteiger partial charge in [0.05, 0.1) is 16.0 Å². The normalized spacial score (nSPS) is 21.6. The Kier molecular flexibility index (Phi) is 5.12. The van der Waals surface area contributed by atoms with Crippen LogP contribution in [0.2, 0.25) is 10.0 Å². The van der Waals surface area contributed by atoms with Crippen LogP contribution >= 0.6 is 23.2 Å². The second-order valence-electron chi connectivity index (χ2n) is 5.31. The number of rotatable bonds is 4. The Morgan fingerprint density at radius 3 is 2.62 bits per heavy atom. The van der Waals surface area contributed by atoms with Crippen molar-refractivity contribution in [1.82, 2.24) is 4.90 Å². The second kappa shape index (κ2) is 6.67. The SMILES string of the molecule is CC1C(C(=O)O)CCN1C(=O)CCc1ccc(Cl)c(Cl)c1. The van der Waals surface area contributed by atoms with E-state index in [0.29, 0.717) is 35.9 Å². The van der Waals surface area contributed by atoms with Gasteiger partial charge in [-0.15, -0.1) is 0 Å². The van der Waals surface area contributed by atoms with Crippen molar-refractivity contribution in [3.8, 4) is 0 Å². The second-order valence-corrected chi connectivity index (χ2v) is 6.12. The zero-order valence-electron chi connectivity index (χ0n) is 11.7. The fraction of sp³-hybridized carbons (Fsp3) is 0.467. The van der Waals surface area contributed by atoms with Crippen molar-refractivity contribution in [2.45, 2.75) is 32.2 Å². The van der Waals surface area contributed by atoms with Gasteiger partial charge in [0.2, 0.25) is 5.91 Å². The molecule has 2 atom stereocenters. The summed E-state index contributed by atoms with van der Waals surface area (Å²) in [6.45, 7) is 2.31. The van der Waals surface area contributed by atoms with Gasteiger partial charge in [0, 0.05) is 19.0 Å². The van der Waals surface area contributed by atoms with Crippen molar-refractivity contribution >= 4 is 35.1 Å². The van der Waals surface area contributed by atoms with Gasteiger partial charge in [-0.1, -0.05) is 29.3 Å². The quantitative estimate of drug-likeness (QED) is 0.922. The molecule has 0 saturated carbocycles. The van der Waals surface area contributed by atoms with Crippen LogP contribution < -0.4 is 0 Å². The number of hydrogen-bond acceptors (Lipinski definition) is 2. The molecule has 0 radical (unpaired) electrons. The number of nitrogens with zero attached hydrogens (tertiary/aromatic N) is 1. The Hall–Kier alpha value is -1.26. The van der Waals surface area contributed by atoms with Crippen molar-refractivity contribution < 1.29 is 14.7 Å². The molecule has 0 spiro atoms. The number of likely N-dealkylation sites (tertiary alicyclic amines) is 1. The van der Waals surface area contributed by atoms with Gasteiger partial charge in [-0.3, -0.25) is 9.59 Å². The van der Waals surface area contributed by atoms with E-state index in [1.165, 1.54) is 0 Å². The molecular weight excluding hydrogens is 313 g/mol. The van der Waals surface area contributed by atoms with Crippen LogP contribution in [-0.4, -0.2) is 34.5 Å². The van der Waals surface area contributed by atoms with Crippen LogP contribution in [0.4, 0.5) is 0 Å². The minimum absolute atomic E-state index is 0.0164. The van der Waals surface area contributed by atoms with Gasteiger partial charge in [0.15, 0.2) is 0 Å². The third kappa shape index (κ3) is 3.69. The maximum absolute atomic E-state index is 12.2. The third-order valence-electron chi connectivity index (χ3n) is 4.00. The number of aliphatic carboxylic acids is 1. The molecule has 1 heterocycles. The van der Waals surface area contributed by atoms with Gasteiger partial charge in [0.1, 0.15) is 0 Å². The van der Waals surface area contributed by atoms with E-state index in [1.54, 1.807) is 24.0 Å². The predicted octanol–water partition coefficient (Wildman–Crippen LogP) is 3.25.